The number of fused-ring (bicyclic) bond motifs is 1. The Morgan fingerprint density at radius 1 is 0.862 bits per heavy atom. The average Bonchev–Trinajstić information content (AvgIpc) is 2.73. The fourth-order valence-electron chi connectivity index (χ4n) is 3.48. The van der Waals surface area contributed by atoms with Crippen molar-refractivity contribution in [1.29, 1.82) is 0 Å². The van der Waals surface area contributed by atoms with Crippen LogP contribution in [0.4, 0.5) is 11.4 Å². The summed E-state index contributed by atoms with van der Waals surface area (Å²) in [6.07, 6.45) is 0. The second kappa shape index (κ2) is 7.62. The second-order valence-electron chi connectivity index (χ2n) is 6.82. The van der Waals surface area contributed by atoms with Gasteiger partial charge in [0.05, 0.1) is 9.82 Å². The molecule has 0 unspecified atom stereocenters. The second-order valence-corrected chi connectivity index (χ2v) is 9.19. The molecule has 0 aliphatic carbocycles. The molecular weight excluding hydrogens is 414 g/mol. The predicted molar refractivity (Wildman–Crippen MR) is 113 cm³/mol. The lowest BCUT2D eigenvalue weighted by molar-refractivity contribution is -0.384. The Kier molecular flexibility index (Phi) is 5.16. The molecule has 1 fully saturated rings. The van der Waals surface area contributed by atoms with Crippen molar-refractivity contribution in [3.63, 3.8) is 0 Å². The molecule has 0 amide bonds. The number of piperazine rings is 1. The third kappa shape index (κ3) is 3.91. The maximum absolute atomic E-state index is 13.1. The maximum atomic E-state index is 13.1. The van der Waals surface area contributed by atoms with Gasteiger partial charge in [0.2, 0.25) is 10.0 Å². The Hall–Kier alpha value is -2.68. The van der Waals surface area contributed by atoms with Gasteiger partial charge in [-0.05, 0) is 47.2 Å². The number of halogens is 1. The van der Waals surface area contributed by atoms with Crippen LogP contribution in [0.15, 0.2) is 65.6 Å². The smallest absolute Gasteiger partial charge is 0.269 e. The summed E-state index contributed by atoms with van der Waals surface area (Å²) in [5.74, 6) is 0. The van der Waals surface area contributed by atoms with Crippen molar-refractivity contribution in [3.8, 4) is 0 Å². The van der Waals surface area contributed by atoms with E-state index in [1.807, 2.05) is 11.0 Å². The third-order valence-electron chi connectivity index (χ3n) is 5.08. The van der Waals surface area contributed by atoms with Crippen molar-refractivity contribution in [2.24, 2.45) is 0 Å². The minimum absolute atomic E-state index is 0.0348. The summed E-state index contributed by atoms with van der Waals surface area (Å²) >= 11 is 5.99. The Morgan fingerprint density at radius 2 is 1.48 bits per heavy atom. The van der Waals surface area contributed by atoms with E-state index in [9.17, 15) is 18.5 Å². The number of benzene rings is 3. The molecule has 150 valence electrons. The number of nitro groups is 1. The molecular formula is C20H18ClN3O4S. The number of nitro benzene ring substituents is 1. The third-order valence-corrected chi connectivity index (χ3v) is 7.21. The topological polar surface area (TPSA) is 83.8 Å². The first-order valence-electron chi connectivity index (χ1n) is 9.03. The molecule has 0 aromatic heterocycles. The molecule has 0 radical (unpaired) electrons. The van der Waals surface area contributed by atoms with E-state index in [0.29, 0.717) is 31.2 Å². The molecule has 29 heavy (non-hydrogen) atoms. The first-order chi connectivity index (χ1) is 13.8. The van der Waals surface area contributed by atoms with Crippen LogP contribution in [0, 0.1) is 10.1 Å². The van der Waals surface area contributed by atoms with Crippen LogP contribution in [-0.4, -0.2) is 43.8 Å². The molecule has 1 aliphatic rings. The van der Waals surface area contributed by atoms with Gasteiger partial charge in [0.25, 0.3) is 5.69 Å². The molecule has 1 heterocycles. The van der Waals surface area contributed by atoms with Gasteiger partial charge < -0.3 is 4.90 Å². The lowest BCUT2D eigenvalue weighted by Crippen LogP contribution is -2.48. The number of non-ortho nitro benzene ring substituents is 1. The number of rotatable bonds is 4. The zero-order chi connectivity index (χ0) is 20.6. The normalized spacial score (nSPS) is 15.6. The number of nitrogens with zero attached hydrogens (tertiary/aromatic N) is 3. The summed E-state index contributed by atoms with van der Waals surface area (Å²) in [5, 5.41) is 13.1. The molecule has 3 aromatic carbocycles. The molecule has 0 spiro atoms. The number of sulfonamides is 1. The van der Waals surface area contributed by atoms with Crippen molar-refractivity contribution in [1.82, 2.24) is 4.31 Å². The van der Waals surface area contributed by atoms with Gasteiger partial charge in [0, 0.05) is 49.0 Å². The van der Waals surface area contributed by atoms with Crippen LogP contribution in [0.1, 0.15) is 0 Å². The van der Waals surface area contributed by atoms with Crippen molar-refractivity contribution in [2.75, 3.05) is 31.1 Å². The van der Waals surface area contributed by atoms with Gasteiger partial charge in [-0.1, -0.05) is 23.7 Å². The van der Waals surface area contributed by atoms with Crippen LogP contribution >= 0.6 is 11.6 Å². The van der Waals surface area contributed by atoms with Crippen LogP contribution in [-0.2, 0) is 10.0 Å². The predicted octanol–water partition coefficient (Wildman–Crippen LogP) is 3.91. The lowest BCUT2D eigenvalue weighted by atomic mass is 10.1. The van der Waals surface area contributed by atoms with Crippen LogP contribution in [0.25, 0.3) is 10.8 Å². The van der Waals surface area contributed by atoms with E-state index in [0.717, 1.165) is 16.5 Å². The standard InChI is InChI=1S/C20H18ClN3O4S/c21-17-3-1-16-14-20(8-2-15(16)13-17)29(27,28)23-11-9-22(10-12-23)18-4-6-19(7-5-18)24(25)26/h1-8,13-14H,9-12H2. The van der Waals surface area contributed by atoms with Gasteiger partial charge in [0.1, 0.15) is 0 Å². The quantitative estimate of drug-likeness (QED) is 0.462. The van der Waals surface area contributed by atoms with Crippen LogP contribution in [0.3, 0.4) is 0 Å². The van der Waals surface area contributed by atoms with Gasteiger partial charge in [0.15, 0.2) is 0 Å². The Balaban J connectivity index is 1.50. The average molecular weight is 432 g/mol. The zero-order valence-corrected chi connectivity index (χ0v) is 16.9. The van der Waals surface area contributed by atoms with Crippen LogP contribution in [0.2, 0.25) is 5.02 Å². The molecule has 9 heteroatoms. The molecule has 0 saturated carbocycles. The highest BCUT2D eigenvalue weighted by Crippen LogP contribution is 2.26. The Morgan fingerprint density at radius 3 is 2.14 bits per heavy atom. The molecule has 1 saturated heterocycles. The number of hydrogen-bond acceptors (Lipinski definition) is 5. The van der Waals surface area contributed by atoms with Gasteiger partial charge in [-0.25, -0.2) is 8.42 Å². The summed E-state index contributed by atoms with van der Waals surface area (Å²) in [4.78, 5) is 12.6. The van der Waals surface area contributed by atoms with Crippen molar-refractivity contribution < 1.29 is 13.3 Å². The Labute approximate surface area is 173 Å². The van der Waals surface area contributed by atoms with E-state index >= 15 is 0 Å². The summed E-state index contributed by atoms with van der Waals surface area (Å²) < 4.78 is 27.6. The van der Waals surface area contributed by atoms with E-state index < -0.39 is 14.9 Å². The fourth-order valence-corrected chi connectivity index (χ4v) is 5.11. The molecule has 7 nitrogen and oxygen atoms in total. The summed E-state index contributed by atoms with van der Waals surface area (Å²) in [6.45, 7) is 1.72. The molecule has 0 N–H and O–H groups in total. The summed E-state index contributed by atoms with van der Waals surface area (Å²) in [7, 11) is -3.60. The fraction of sp³-hybridized carbons (Fsp3) is 0.200. The van der Waals surface area contributed by atoms with Crippen LogP contribution in [0.5, 0.6) is 0 Å². The van der Waals surface area contributed by atoms with E-state index in [1.165, 1.54) is 16.4 Å². The number of anilines is 1. The van der Waals surface area contributed by atoms with E-state index in [2.05, 4.69) is 0 Å². The van der Waals surface area contributed by atoms with E-state index in [4.69, 9.17) is 11.6 Å². The Bertz CT molecular complexity index is 1170. The van der Waals surface area contributed by atoms with Gasteiger partial charge in [-0.2, -0.15) is 4.31 Å². The molecule has 0 bridgehead atoms. The van der Waals surface area contributed by atoms with Crippen molar-refractivity contribution in [3.05, 3.63) is 75.8 Å². The SMILES string of the molecule is O=[N+]([O-])c1ccc(N2CCN(S(=O)(=O)c3ccc4cc(Cl)ccc4c3)CC2)cc1. The molecule has 1 aliphatic heterocycles. The monoisotopic (exact) mass is 431 g/mol. The largest absolute Gasteiger partial charge is 0.369 e. The summed E-state index contributed by atoms with van der Waals surface area (Å²) in [6, 6.07) is 16.7. The minimum atomic E-state index is -3.60. The van der Waals surface area contributed by atoms with Crippen LogP contribution < -0.4 is 4.90 Å². The van der Waals surface area contributed by atoms with Crippen molar-refractivity contribution >= 4 is 43.8 Å². The molecule has 0 atom stereocenters. The van der Waals surface area contributed by atoms with Gasteiger partial charge >= 0.3 is 0 Å². The highest BCUT2D eigenvalue weighted by Gasteiger charge is 2.28. The summed E-state index contributed by atoms with van der Waals surface area (Å²) in [5.41, 5.74) is 0.878. The zero-order valence-electron chi connectivity index (χ0n) is 15.4. The van der Waals surface area contributed by atoms with E-state index in [-0.39, 0.29) is 10.6 Å². The van der Waals surface area contributed by atoms with E-state index in [1.54, 1.807) is 42.5 Å². The number of hydrogen-bond donors (Lipinski definition) is 0. The first-order valence-corrected chi connectivity index (χ1v) is 10.9. The molecule has 3 aromatic rings. The maximum Gasteiger partial charge on any atom is 0.269 e. The highest BCUT2D eigenvalue weighted by atomic mass is 35.5. The van der Waals surface area contributed by atoms with Gasteiger partial charge in [-0.15, -0.1) is 0 Å². The first kappa shape index (κ1) is 19.6. The minimum Gasteiger partial charge on any atom is -0.369 e. The molecule has 4 rings (SSSR count). The lowest BCUT2D eigenvalue weighted by Gasteiger charge is -2.35. The highest BCUT2D eigenvalue weighted by molar-refractivity contribution is 7.89. The van der Waals surface area contributed by atoms with Crippen molar-refractivity contribution in [2.45, 2.75) is 4.90 Å². The van der Waals surface area contributed by atoms with Gasteiger partial charge in [-0.3, -0.25) is 10.1 Å².